The SMILES string of the molecule is CC[SH]1(=O)C(=O)OCC2C(=O)N3CCC(=O)C3=CC21. The Kier molecular flexibility index (Phi) is 2.63. The number of nitrogens with zero attached hydrogens (tertiary/aromatic N) is 1. The lowest BCUT2D eigenvalue weighted by molar-refractivity contribution is -0.135. The Balaban J connectivity index is 2.11. The van der Waals surface area contributed by atoms with Crippen molar-refractivity contribution in [3.05, 3.63) is 11.8 Å². The molecule has 0 radical (unpaired) electrons. The van der Waals surface area contributed by atoms with Gasteiger partial charge in [-0.25, -0.2) is 4.79 Å². The van der Waals surface area contributed by atoms with Crippen molar-refractivity contribution in [3.8, 4) is 0 Å². The first kappa shape index (κ1) is 12.5. The van der Waals surface area contributed by atoms with Crippen LogP contribution in [0.15, 0.2) is 11.8 Å². The van der Waals surface area contributed by atoms with Gasteiger partial charge in [0.15, 0.2) is 5.78 Å². The van der Waals surface area contributed by atoms with E-state index in [1.54, 1.807) is 13.0 Å². The third-order valence-electron chi connectivity index (χ3n) is 4.11. The molecule has 0 aliphatic carbocycles. The van der Waals surface area contributed by atoms with Gasteiger partial charge in [-0.2, -0.15) is 0 Å². The van der Waals surface area contributed by atoms with Crippen LogP contribution in [0.1, 0.15) is 13.3 Å². The average Bonchev–Trinajstić information content (AvgIpc) is 2.77. The Bertz CT molecular complexity index is 566. The number of Topliss-reactive ketones (excluding diaryl/α,β-unsaturated/α-hetero) is 1. The van der Waals surface area contributed by atoms with Crippen LogP contribution in [0.5, 0.6) is 0 Å². The van der Waals surface area contributed by atoms with E-state index < -0.39 is 26.4 Å². The van der Waals surface area contributed by atoms with Gasteiger partial charge in [-0.15, -0.1) is 0 Å². The lowest BCUT2D eigenvalue weighted by atomic mass is 9.99. The van der Waals surface area contributed by atoms with E-state index in [2.05, 4.69) is 0 Å². The van der Waals surface area contributed by atoms with E-state index in [1.807, 2.05) is 0 Å². The van der Waals surface area contributed by atoms with Crippen molar-refractivity contribution in [1.29, 1.82) is 0 Å². The lowest BCUT2D eigenvalue weighted by Crippen LogP contribution is -2.56. The van der Waals surface area contributed by atoms with Gasteiger partial charge < -0.3 is 9.64 Å². The fraction of sp³-hybridized carbons (Fsp3) is 0.583. The molecule has 6 nitrogen and oxygen atoms in total. The molecule has 2 unspecified atom stereocenters. The van der Waals surface area contributed by atoms with Crippen molar-refractivity contribution < 1.29 is 23.3 Å². The van der Waals surface area contributed by atoms with Crippen molar-refractivity contribution in [1.82, 2.24) is 4.90 Å². The van der Waals surface area contributed by atoms with Gasteiger partial charge in [0.25, 0.3) is 0 Å². The van der Waals surface area contributed by atoms with Crippen LogP contribution in [0.3, 0.4) is 0 Å². The van der Waals surface area contributed by atoms with Gasteiger partial charge >= 0.3 is 5.30 Å². The maximum absolute atomic E-state index is 12.7. The highest BCUT2D eigenvalue weighted by atomic mass is 32.2. The third kappa shape index (κ3) is 1.54. The van der Waals surface area contributed by atoms with E-state index in [0.717, 1.165) is 0 Å². The predicted molar refractivity (Wildman–Crippen MR) is 68.1 cm³/mol. The van der Waals surface area contributed by atoms with Gasteiger partial charge in [-0.3, -0.25) is 13.8 Å². The standard InChI is InChI=1S/C12H15NO5S/c1-2-19(17)10-5-8-9(14)3-4-13(8)11(15)7(10)6-18-12(19)16/h5,7,10,19H,2-4,6H2,1H3. The van der Waals surface area contributed by atoms with Gasteiger partial charge in [-0.05, 0) is 16.0 Å². The molecule has 3 heterocycles. The number of hydrogen-bond acceptors (Lipinski definition) is 5. The summed E-state index contributed by atoms with van der Waals surface area (Å²) in [4.78, 5) is 37.3. The summed E-state index contributed by atoms with van der Waals surface area (Å²) in [5, 5.41) is -1.38. The number of ketones is 1. The highest BCUT2D eigenvalue weighted by molar-refractivity contribution is 8.16. The van der Waals surface area contributed by atoms with E-state index in [1.165, 1.54) is 4.90 Å². The van der Waals surface area contributed by atoms with E-state index >= 15 is 0 Å². The minimum Gasteiger partial charge on any atom is -0.456 e. The van der Waals surface area contributed by atoms with E-state index in [-0.39, 0.29) is 24.1 Å². The van der Waals surface area contributed by atoms with Gasteiger partial charge in [-0.1, -0.05) is 6.92 Å². The molecule has 2 saturated heterocycles. The number of ether oxygens (including phenoxy) is 1. The van der Waals surface area contributed by atoms with Crippen molar-refractivity contribution in [2.75, 3.05) is 18.9 Å². The smallest absolute Gasteiger partial charge is 0.374 e. The largest absolute Gasteiger partial charge is 0.456 e. The summed E-state index contributed by atoms with van der Waals surface area (Å²) in [7, 11) is -3.27. The normalized spacial score (nSPS) is 34.3. The molecule has 0 saturated carbocycles. The third-order valence-corrected chi connectivity index (χ3v) is 7.27. The van der Waals surface area contributed by atoms with Gasteiger partial charge in [0.2, 0.25) is 5.91 Å². The Hall–Kier alpha value is -1.50. The number of hydrogen-bond donors (Lipinski definition) is 1. The van der Waals surface area contributed by atoms with E-state index in [9.17, 15) is 18.6 Å². The maximum atomic E-state index is 12.7. The van der Waals surface area contributed by atoms with Crippen LogP contribution in [0, 0.1) is 5.92 Å². The van der Waals surface area contributed by atoms with Crippen LogP contribution in [-0.4, -0.2) is 50.3 Å². The van der Waals surface area contributed by atoms with Crippen molar-refractivity contribution >= 4 is 26.9 Å². The molecule has 0 bridgehead atoms. The summed E-state index contributed by atoms with van der Waals surface area (Å²) in [6.45, 7) is 1.98. The number of carbonyl (C=O) groups is 3. The zero-order valence-electron chi connectivity index (χ0n) is 10.5. The topological polar surface area (TPSA) is 80.8 Å². The summed E-state index contributed by atoms with van der Waals surface area (Å²) in [5.41, 5.74) is 0.314. The van der Waals surface area contributed by atoms with Crippen LogP contribution in [0.25, 0.3) is 0 Å². The van der Waals surface area contributed by atoms with Gasteiger partial charge in [0.05, 0.1) is 16.9 Å². The minimum atomic E-state index is -3.27. The highest BCUT2D eigenvalue weighted by Gasteiger charge is 2.51. The van der Waals surface area contributed by atoms with Gasteiger partial charge in [0, 0.05) is 18.7 Å². The Morgan fingerprint density at radius 2 is 2.16 bits per heavy atom. The van der Waals surface area contributed by atoms with Crippen molar-refractivity contribution in [2.45, 2.75) is 18.6 Å². The molecule has 3 rings (SSSR count). The second-order valence-electron chi connectivity index (χ2n) is 5.00. The summed E-state index contributed by atoms with van der Waals surface area (Å²) >= 11 is 0. The average molecular weight is 285 g/mol. The second-order valence-corrected chi connectivity index (χ2v) is 8.19. The molecule has 3 aliphatic heterocycles. The van der Waals surface area contributed by atoms with Crippen LogP contribution < -0.4 is 0 Å². The fourth-order valence-corrected chi connectivity index (χ4v) is 5.35. The number of carbonyl (C=O) groups excluding carboxylic acids is 3. The first-order valence-electron chi connectivity index (χ1n) is 6.31. The molecule has 2 fully saturated rings. The maximum Gasteiger partial charge on any atom is 0.374 e. The minimum absolute atomic E-state index is 0.0409. The molecular weight excluding hydrogens is 270 g/mol. The van der Waals surface area contributed by atoms with Crippen LogP contribution >= 0.6 is 0 Å². The highest BCUT2D eigenvalue weighted by Crippen LogP contribution is 2.37. The van der Waals surface area contributed by atoms with E-state index in [4.69, 9.17) is 4.74 Å². The van der Waals surface area contributed by atoms with Crippen molar-refractivity contribution in [2.24, 2.45) is 5.92 Å². The number of fused-ring (bicyclic) bond motifs is 2. The number of amides is 1. The zero-order chi connectivity index (χ0) is 13.8. The molecule has 1 amide bonds. The summed E-state index contributed by atoms with van der Waals surface area (Å²) in [6.07, 6.45) is 1.87. The molecule has 19 heavy (non-hydrogen) atoms. The summed E-state index contributed by atoms with van der Waals surface area (Å²) < 4.78 is 17.7. The molecule has 0 spiro atoms. The van der Waals surface area contributed by atoms with Gasteiger partial charge in [0.1, 0.15) is 6.61 Å². The molecule has 0 aromatic rings. The second kappa shape index (κ2) is 4.00. The van der Waals surface area contributed by atoms with Crippen LogP contribution in [0.4, 0.5) is 4.79 Å². The molecule has 104 valence electrons. The first-order valence-corrected chi connectivity index (χ1v) is 8.27. The van der Waals surface area contributed by atoms with E-state index in [0.29, 0.717) is 18.7 Å². The number of allylic oxidation sites excluding steroid dienone is 1. The summed E-state index contributed by atoms with van der Waals surface area (Å²) in [5.74, 6) is -0.806. The lowest BCUT2D eigenvalue weighted by Gasteiger charge is -2.41. The Labute approximate surface area is 111 Å². The van der Waals surface area contributed by atoms with Crippen molar-refractivity contribution in [3.63, 3.8) is 0 Å². The molecule has 0 N–H and O–H groups in total. The zero-order valence-corrected chi connectivity index (χ0v) is 11.4. The first-order chi connectivity index (χ1) is 8.99. The molecular formula is C12H15NO5S. The Morgan fingerprint density at radius 3 is 2.84 bits per heavy atom. The molecule has 7 heteroatoms. The number of cyclic esters (lactones) is 1. The number of thiol groups is 1. The molecule has 3 aliphatic rings. The molecule has 2 atom stereocenters. The Morgan fingerprint density at radius 1 is 1.42 bits per heavy atom. The molecule has 0 aromatic heterocycles. The van der Waals surface area contributed by atoms with Crippen LogP contribution in [0.2, 0.25) is 0 Å². The predicted octanol–water partition coefficient (Wildman–Crippen LogP) is -0.143. The van der Waals surface area contributed by atoms with Crippen LogP contribution in [-0.2, 0) is 24.3 Å². The monoisotopic (exact) mass is 285 g/mol. The number of rotatable bonds is 1. The molecule has 0 aromatic carbocycles. The quantitative estimate of drug-likeness (QED) is 0.535. The summed E-state index contributed by atoms with van der Waals surface area (Å²) in [6, 6.07) is 0. The fourth-order valence-electron chi connectivity index (χ4n) is 2.96.